The summed E-state index contributed by atoms with van der Waals surface area (Å²) in [7, 11) is 1.21. The first kappa shape index (κ1) is 21.4. The van der Waals surface area contributed by atoms with Crippen LogP contribution in [0.25, 0.3) is 0 Å². The van der Waals surface area contributed by atoms with Crippen molar-refractivity contribution in [2.75, 3.05) is 12.3 Å². The van der Waals surface area contributed by atoms with Gasteiger partial charge >= 0.3 is 0 Å². The van der Waals surface area contributed by atoms with Crippen LogP contribution in [0.2, 0.25) is 0 Å². The van der Waals surface area contributed by atoms with Crippen molar-refractivity contribution in [2.45, 2.75) is 111 Å². The quantitative estimate of drug-likeness (QED) is 0.201. The van der Waals surface area contributed by atoms with Crippen LogP contribution >= 0.6 is 8.58 Å². The van der Waals surface area contributed by atoms with Crippen LogP contribution < -0.4 is 0 Å². The van der Waals surface area contributed by atoms with Crippen molar-refractivity contribution < 1.29 is 0 Å². The fourth-order valence-electron chi connectivity index (χ4n) is 3.51. The zero-order chi connectivity index (χ0) is 15.8. The maximum absolute atomic E-state index is 2.36. The molecule has 128 valence electrons. The van der Waals surface area contributed by atoms with E-state index in [4.69, 9.17) is 0 Å². The maximum Gasteiger partial charge on any atom is -0.0297 e. The zero-order valence-electron chi connectivity index (χ0n) is 15.6. The molecule has 0 bridgehead atoms. The lowest BCUT2D eigenvalue weighted by Gasteiger charge is -2.35. The summed E-state index contributed by atoms with van der Waals surface area (Å²) in [5.74, 6) is 0. The molecule has 0 spiro atoms. The van der Waals surface area contributed by atoms with Gasteiger partial charge in [-0.05, 0) is 49.8 Å². The molecule has 0 rings (SSSR count). The molecule has 1 heteroatoms. The van der Waals surface area contributed by atoms with Crippen molar-refractivity contribution in [3.63, 3.8) is 0 Å². The minimum absolute atomic E-state index is 0.703. The van der Waals surface area contributed by atoms with Gasteiger partial charge in [0.15, 0.2) is 0 Å². The fraction of sp³-hybridized carbons (Fsp3) is 1.00. The van der Waals surface area contributed by atoms with E-state index in [9.17, 15) is 0 Å². The van der Waals surface area contributed by atoms with Gasteiger partial charge in [0.2, 0.25) is 0 Å². The van der Waals surface area contributed by atoms with E-state index >= 15 is 0 Å². The molecule has 0 aliphatic carbocycles. The molecule has 0 aliphatic rings. The average Bonchev–Trinajstić information content (AvgIpc) is 2.51. The van der Waals surface area contributed by atoms with Gasteiger partial charge in [0, 0.05) is 0 Å². The lowest BCUT2D eigenvalue weighted by Crippen LogP contribution is -2.21. The first-order valence-electron chi connectivity index (χ1n) is 9.95. The van der Waals surface area contributed by atoms with Crippen LogP contribution in [0.1, 0.15) is 111 Å². The second kappa shape index (κ2) is 15.3. The van der Waals surface area contributed by atoms with E-state index in [2.05, 4.69) is 27.7 Å². The highest BCUT2D eigenvalue weighted by Crippen LogP contribution is 2.41. The normalized spacial score (nSPS) is 12.6. The maximum atomic E-state index is 2.36. The second-order valence-electron chi connectivity index (χ2n) is 6.97. The molecule has 0 heterocycles. The highest BCUT2D eigenvalue weighted by atomic mass is 31.1. The van der Waals surface area contributed by atoms with Gasteiger partial charge in [-0.3, -0.25) is 0 Å². The van der Waals surface area contributed by atoms with Crippen LogP contribution in [-0.2, 0) is 0 Å². The molecule has 1 unspecified atom stereocenters. The Labute approximate surface area is 138 Å². The Morgan fingerprint density at radius 2 is 1.05 bits per heavy atom. The molecule has 0 aliphatic heterocycles. The smallest absolute Gasteiger partial charge is 0.0297 e. The molecule has 0 N–H and O–H groups in total. The van der Waals surface area contributed by atoms with E-state index in [0.29, 0.717) is 5.41 Å². The number of rotatable bonds is 16. The molecule has 0 amide bonds. The SMILES string of the molecule is CCCCC(CCCC)(CCCC)CCCCCPCC. The van der Waals surface area contributed by atoms with Crippen molar-refractivity contribution in [3.8, 4) is 0 Å². The molecule has 0 nitrogen and oxygen atoms in total. The standard InChI is InChI=1S/C20H43P/c1-5-9-15-20(16-10-6-2,17-11-7-3)18-13-12-14-19-21-8-4/h21H,5-19H2,1-4H3. The predicted molar refractivity (Wildman–Crippen MR) is 103 cm³/mol. The molecule has 0 radical (unpaired) electrons. The van der Waals surface area contributed by atoms with Crippen molar-refractivity contribution in [1.82, 2.24) is 0 Å². The van der Waals surface area contributed by atoms with Gasteiger partial charge in [0.1, 0.15) is 0 Å². The summed E-state index contributed by atoms with van der Waals surface area (Å²) in [6.45, 7) is 9.39. The first-order valence-corrected chi connectivity index (χ1v) is 11.4. The predicted octanol–water partition coefficient (Wildman–Crippen LogP) is 7.80. The Bertz CT molecular complexity index is 178. The van der Waals surface area contributed by atoms with Gasteiger partial charge in [0.05, 0.1) is 0 Å². The molecular weight excluding hydrogens is 271 g/mol. The molecule has 0 aromatic heterocycles. The topological polar surface area (TPSA) is 0 Å². The highest BCUT2D eigenvalue weighted by molar-refractivity contribution is 7.37. The van der Waals surface area contributed by atoms with Crippen LogP contribution in [0.5, 0.6) is 0 Å². The van der Waals surface area contributed by atoms with E-state index in [0.717, 1.165) is 0 Å². The van der Waals surface area contributed by atoms with Gasteiger partial charge in [-0.2, -0.15) is 0 Å². The Morgan fingerprint density at radius 3 is 1.48 bits per heavy atom. The number of hydrogen-bond acceptors (Lipinski definition) is 0. The Hall–Kier alpha value is 0.430. The zero-order valence-corrected chi connectivity index (χ0v) is 16.6. The molecule has 0 aromatic rings. The van der Waals surface area contributed by atoms with Crippen molar-refractivity contribution in [3.05, 3.63) is 0 Å². The summed E-state index contributed by atoms with van der Waals surface area (Å²) in [5.41, 5.74) is 0.703. The average molecular weight is 315 g/mol. The minimum Gasteiger partial charge on any atom is -0.122 e. The summed E-state index contributed by atoms with van der Waals surface area (Å²) in [6, 6.07) is 0. The summed E-state index contributed by atoms with van der Waals surface area (Å²) in [5, 5.41) is 0. The van der Waals surface area contributed by atoms with Crippen LogP contribution in [0, 0.1) is 5.41 Å². The Balaban J connectivity index is 4.28. The molecule has 21 heavy (non-hydrogen) atoms. The molecular formula is C20H43P. The Kier molecular flexibility index (Phi) is 15.6. The fourth-order valence-corrected chi connectivity index (χ4v) is 4.36. The van der Waals surface area contributed by atoms with E-state index in [1.165, 1.54) is 104 Å². The molecule has 1 atom stereocenters. The monoisotopic (exact) mass is 314 g/mol. The third-order valence-electron chi connectivity index (χ3n) is 4.99. The summed E-state index contributed by atoms with van der Waals surface area (Å²) in [4.78, 5) is 0. The van der Waals surface area contributed by atoms with Crippen LogP contribution in [0.15, 0.2) is 0 Å². The van der Waals surface area contributed by atoms with Crippen LogP contribution in [0.3, 0.4) is 0 Å². The summed E-state index contributed by atoms with van der Waals surface area (Å²) in [6.07, 6.45) is 21.8. The van der Waals surface area contributed by atoms with Crippen molar-refractivity contribution in [1.29, 1.82) is 0 Å². The summed E-state index contributed by atoms with van der Waals surface area (Å²) >= 11 is 0. The number of unbranched alkanes of at least 4 members (excludes halogenated alkanes) is 5. The molecule has 0 aromatic carbocycles. The first-order chi connectivity index (χ1) is 10.2. The highest BCUT2D eigenvalue weighted by Gasteiger charge is 2.27. The van der Waals surface area contributed by atoms with Crippen molar-refractivity contribution >= 4 is 8.58 Å². The van der Waals surface area contributed by atoms with Gasteiger partial charge < -0.3 is 0 Å². The summed E-state index contributed by atoms with van der Waals surface area (Å²) < 4.78 is 0. The third kappa shape index (κ3) is 11.6. The van der Waals surface area contributed by atoms with E-state index < -0.39 is 0 Å². The van der Waals surface area contributed by atoms with E-state index in [1.807, 2.05) is 0 Å². The van der Waals surface area contributed by atoms with Crippen LogP contribution in [-0.4, -0.2) is 12.3 Å². The van der Waals surface area contributed by atoms with Gasteiger partial charge in [-0.25, -0.2) is 0 Å². The van der Waals surface area contributed by atoms with Gasteiger partial charge in [-0.15, -0.1) is 8.58 Å². The Morgan fingerprint density at radius 1 is 0.571 bits per heavy atom. The second-order valence-corrected chi connectivity index (χ2v) is 8.68. The number of hydrogen-bond donors (Lipinski definition) is 0. The van der Waals surface area contributed by atoms with Gasteiger partial charge in [0.25, 0.3) is 0 Å². The lowest BCUT2D eigenvalue weighted by molar-refractivity contribution is 0.176. The van der Waals surface area contributed by atoms with Gasteiger partial charge in [-0.1, -0.05) is 79.1 Å². The van der Waals surface area contributed by atoms with Crippen molar-refractivity contribution in [2.24, 2.45) is 5.41 Å². The third-order valence-corrected chi connectivity index (χ3v) is 6.20. The largest absolute Gasteiger partial charge is 0.122 e. The van der Waals surface area contributed by atoms with E-state index in [1.54, 1.807) is 0 Å². The molecule has 0 saturated carbocycles. The van der Waals surface area contributed by atoms with E-state index in [-0.39, 0.29) is 0 Å². The minimum atomic E-state index is 0.703. The molecule has 0 saturated heterocycles. The molecule has 0 fully saturated rings. The van der Waals surface area contributed by atoms with Crippen LogP contribution in [0.4, 0.5) is 0 Å². The lowest BCUT2D eigenvalue weighted by atomic mass is 9.71.